The molecule has 2 nitrogen and oxygen atoms in total. The van der Waals surface area contributed by atoms with Crippen molar-refractivity contribution in [1.29, 1.82) is 0 Å². The molecular weight excluding hydrogens is 268 g/mol. The van der Waals surface area contributed by atoms with Crippen LogP contribution in [0.1, 0.15) is 38.7 Å². The Kier molecular flexibility index (Phi) is 4.99. The molecule has 2 aromatic carbocycles. The Hall–Kier alpha value is -1.54. The molecule has 118 valence electrons. The minimum absolute atomic E-state index is 1.07. The Labute approximate surface area is 134 Å². The Morgan fingerprint density at radius 2 is 1.55 bits per heavy atom. The zero-order chi connectivity index (χ0) is 15.4. The number of piperidine rings is 1. The maximum Gasteiger partial charge on any atom is 0.0418 e. The second kappa shape index (κ2) is 7.15. The maximum absolute atomic E-state index is 2.63. The number of nitrogens with zero attached hydrogens (tertiary/aromatic N) is 2. The van der Waals surface area contributed by atoms with E-state index in [0.29, 0.717) is 0 Å². The van der Waals surface area contributed by atoms with E-state index in [2.05, 4.69) is 60.0 Å². The molecule has 0 aromatic heterocycles. The second-order valence-corrected chi connectivity index (χ2v) is 6.34. The van der Waals surface area contributed by atoms with Gasteiger partial charge in [-0.25, -0.2) is 0 Å². The van der Waals surface area contributed by atoms with Gasteiger partial charge in [-0.05, 0) is 68.2 Å². The molecule has 0 unspecified atom stereocenters. The molecule has 0 aliphatic carbocycles. The summed E-state index contributed by atoms with van der Waals surface area (Å²) in [6.07, 6.45) is 4.11. The largest absolute Gasteiger partial charge is 0.372 e. The van der Waals surface area contributed by atoms with Crippen molar-refractivity contribution in [3.8, 4) is 0 Å². The van der Waals surface area contributed by atoms with Gasteiger partial charge < -0.3 is 4.90 Å². The molecule has 22 heavy (non-hydrogen) atoms. The van der Waals surface area contributed by atoms with Crippen LogP contribution in [0, 0.1) is 0 Å². The molecular formula is C20H28N2. The molecule has 0 spiro atoms. The highest BCUT2D eigenvalue weighted by Crippen LogP contribution is 2.29. The second-order valence-electron chi connectivity index (χ2n) is 6.34. The average Bonchev–Trinajstić information content (AvgIpc) is 2.57. The molecule has 0 amide bonds. The van der Waals surface area contributed by atoms with Gasteiger partial charge in [-0.15, -0.1) is 0 Å². The summed E-state index contributed by atoms with van der Waals surface area (Å²) in [7, 11) is 0. The third-order valence-corrected chi connectivity index (χ3v) is 4.89. The highest BCUT2D eigenvalue weighted by atomic mass is 15.1. The number of likely N-dealkylation sites (tertiary alicyclic amines) is 1. The van der Waals surface area contributed by atoms with Crippen molar-refractivity contribution >= 4 is 16.5 Å². The lowest BCUT2D eigenvalue weighted by atomic mass is 10.0. The molecule has 1 aliphatic heterocycles. The first-order valence-corrected chi connectivity index (χ1v) is 8.80. The van der Waals surface area contributed by atoms with Gasteiger partial charge in [0.2, 0.25) is 0 Å². The lowest BCUT2D eigenvalue weighted by Gasteiger charge is -2.30. The average molecular weight is 296 g/mol. The third-order valence-electron chi connectivity index (χ3n) is 4.89. The van der Waals surface area contributed by atoms with Crippen molar-refractivity contribution in [3.05, 3.63) is 42.0 Å². The summed E-state index contributed by atoms with van der Waals surface area (Å²) in [4.78, 5) is 5.12. The standard InChI is InChI=1S/C20H28N2/c1-3-22(4-2)20-15-18-11-7-6-10-17(18)14-19(20)16-21-12-8-5-9-13-21/h6-7,10-11,14-15H,3-5,8-9,12-13,16H2,1-2H3. The minimum atomic E-state index is 1.07. The first-order chi connectivity index (χ1) is 10.8. The number of anilines is 1. The maximum atomic E-state index is 2.63. The van der Waals surface area contributed by atoms with Crippen LogP contribution in [0.5, 0.6) is 0 Å². The normalized spacial score (nSPS) is 16.1. The monoisotopic (exact) mass is 296 g/mol. The van der Waals surface area contributed by atoms with Crippen LogP contribution in [-0.4, -0.2) is 31.1 Å². The van der Waals surface area contributed by atoms with Gasteiger partial charge in [-0.1, -0.05) is 30.7 Å². The fourth-order valence-electron chi connectivity index (χ4n) is 3.62. The van der Waals surface area contributed by atoms with Gasteiger partial charge in [-0.3, -0.25) is 4.90 Å². The number of hydrogen-bond acceptors (Lipinski definition) is 2. The molecule has 1 aliphatic rings. The van der Waals surface area contributed by atoms with E-state index in [1.807, 2.05) is 0 Å². The number of benzene rings is 2. The fraction of sp³-hybridized carbons (Fsp3) is 0.500. The van der Waals surface area contributed by atoms with Crippen LogP contribution in [0.25, 0.3) is 10.8 Å². The van der Waals surface area contributed by atoms with Crippen molar-refractivity contribution in [3.63, 3.8) is 0 Å². The summed E-state index contributed by atoms with van der Waals surface area (Å²) in [6.45, 7) is 10.3. The predicted octanol–water partition coefficient (Wildman–Crippen LogP) is 4.67. The quantitative estimate of drug-likeness (QED) is 0.791. The van der Waals surface area contributed by atoms with Crippen molar-refractivity contribution < 1.29 is 0 Å². The van der Waals surface area contributed by atoms with Gasteiger partial charge in [0.25, 0.3) is 0 Å². The van der Waals surface area contributed by atoms with Gasteiger partial charge in [0, 0.05) is 25.3 Å². The molecule has 2 heteroatoms. The summed E-state index contributed by atoms with van der Waals surface area (Å²) in [5.74, 6) is 0. The Balaban J connectivity index is 1.98. The van der Waals surface area contributed by atoms with E-state index in [-0.39, 0.29) is 0 Å². The van der Waals surface area contributed by atoms with Crippen molar-refractivity contribution in [2.75, 3.05) is 31.1 Å². The lowest BCUT2D eigenvalue weighted by molar-refractivity contribution is 0.221. The first kappa shape index (κ1) is 15.4. The summed E-state index contributed by atoms with van der Waals surface area (Å²) in [5, 5.41) is 2.72. The van der Waals surface area contributed by atoms with Gasteiger partial charge in [0.15, 0.2) is 0 Å². The Morgan fingerprint density at radius 1 is 0.909 bits per heavy atom. The van der Waals surface area contributed by atoms with Crippen molar-refractivity contribution in [1.82, 2.24) is 4.90 Å². The molecule has 2 aromatic rings. The molecule has 1 saturated heterocycles. The molecule has 0 radical (unpaired) electrons. The smallest absolute Gasteiger partial charge is 0.0418 e. The van der Waals surface area contributed by atoms with Crippen LogP contribution in [-0.2, 0) is 6.54 Å². The first-order valence-electron chi connectivity index (χ1n) is 8.80. The van der Waals surface area contributed by atoms with E-state index in [1.165, 1.54) is 54.4 Å². The lowest BCUT2D eigenvalue weighted by Crippen LogP contribution is -2.30. The van der Waals surface area contributed by atoms with Crippen LogP contribution < -0.4 is 4.90 Å². The van der Waals surface area contributed by atoms with Crippen LogP contribution >= 0.6 is 0 Å². The Morgan fingerprint density at radius 3 is 2.18 bits per heavy atom. The van der Waals surface area contributed by atoms with Crippen molar-refractivity contribution in [2.45, 2.75) is 39.7 Å². The van der Waals surface area contributed by atoms with Gasteiger partial charge in [0.1, 0.15) is 0 Å². The van der Waals surface area contributed by atoms with E-state index in [4.69, 9.17) is 0 Å². The molecule has 0 N–H and O–H groups in total. The summed E-state index contributed by atoms with van der Waals surface area (Å²) >= 11 is 0. The summed E-state index contributed by atoms with van der Waals surface area (Å²) in [5.41, 5.74) is 2.92. The molecule has 1 heterocycles. The molecule has 1 fully saturated rings. The van der Waals surface area contributed by atoms with Crippen LogP contribution in [0.15, 0.2) is 36.4 Å². The van der Waals surface area contributed by atoms with Crippen LogP contribution in [0.3, 0.4) is 0 Å². The van der Waals surface area contributed by atoms with E-state index < -0.39 is 0 Å². The van der Waals surface area contributed by atoms with Gasteiger partial charge in [0.05, 0.1) is 0 Å². The zero-order valence-corrected chi connectivity index (χ0v) is 14.0. The minimum Gasteiger partial charge on any atom is -0.372 e. The molecule has 0 atom stereocenters. The fourth-order valence-corrected chi connectivity index (χ4v) is 3.62. The van der Waals surface area contributed by atoms with Gasteiger partial charge >= 0.3 is 0 Å². The third kappa shape index (κ3) is 3.27. The zero-order valence-electron chi connectivity index (χ0n) is 14.0. The van der Waals surface area contributed by atoms with E-state index in [1.54, 1.807) is 0 Å². The van der Waals surface area contributed by atoms with Crippen LogP contribution in [0.2, 0.25) is 0 Å². The van der Waals surface area contributed by atoms with E-state index >= 15 is 0 Å². The Bertz CT molecular complexity index is 610. The number of fused-ring (bicyclic) bond motifs is 1. The highest BCUT2D eigenvalue weighted by Gasteiger charge is 2.15. The van der Waals surface area contributed by atoms with E-state index in [9.17, 15) is 0 Å². The summed E-state index contributed by atoms with van der Waals surface area (Å²) in [6, 6.07) is 13.6. The van der Waals surface area contributed by atoms with Crippen LogP contribution in [0.4, 0.5) is 5.69 Å². The summed E-state index contributed by atoms with van der Waals surface area (Å²) < 4.78 is 0. The molecule has 3 rings (SSSR count). The predicted molar refractivity (Wildman–Crippen MR) is 96.6 cm³/mol. The number of hydrogen-bond donors (Lipinski definition) is 0. The van der Waals surface area contributed by atoms with Gasteiger partial charge in [-0.2, -0.15) is 0 Å². The van der Waals surface area contributed by atoms with E-state index in [0.717, 1.165) is 19.6 Å². The molecule has 0 saturated carbocycles. The molecule has 0 bridgehead atoms. The number of rotatable bonds is 5. The SMILES string of the molecule is CCN(CC)c1cc2ccccc2cc1CN1CCCCC1. The highest BCUT2D eigenvalue weighted by molar-refractivity contribution is 5.87. The topological polar surface area (TPSA) is 6.48 Å². The van der Waals surface area contributed by atoms with Crippen molar-refractivity contribution in [2.24, 2.45) is 0 Å².